The fraction of sp³-hybridized carbons (Fsp3) is 0.250. The second-order valence-corrected chi connectivity index (χ2v) is 9.46. The molecule has 0 atom stereocenters. The van der Waals surface area contributed by atoms with Gasteiger partial charge in [-0.05, 0) is 35.9 Å². The predicted molar refractivity (Wildman–Crippen MR) is 115 cm³/mol. The van der Waals surface area contributed by atoms with Gasteiger partial charge in [0.05, 0.1) is 12.9 Å². The van der Waals surface area contributed by atoms with E-state index in [4.69, 9.17) is 14.2 Å². The second-order valence-electron chi connectivity index (χ2n) is 6.04. The van der Waals surface area contributed by atoms with Crippen LogP contribution in [0.3, 0.4) is 0 Å². The summed E-state index contributed by atoms with van der Waals surface area (Å²) in [6.07, 6.45) is 0. The zero-order chi connectivity index (χ0) is 20.1. The maximum absolute atomic E-state index is 12.5. The normalized spacial score (nSPS) is 12.6. The lowest BCUT2D eigenvalue weighted by molar-refractivity contribution is 0.102. The zero-order valence-electron chi connectivity index (χ0n) is 15.6. The van der Waals surface area contributed by atoms with Crippen molar-refractivity contribution in [1.29, 1.82) is 0 Å². The van der Waals surface area contributed by atoms with E-state index in [-0.39, 0.29) is 5.78 Å². The Labute approximate surface area is 181 Å². The summed E-state index contributed by atoms with van der Waals surface area (Å²) < 4.78 is 17.9. The van der Waals surface area contributed by atoms with E-state index in [0.29, 0.717) is 36.0 Å². The highest BCUT2D eigenvalue weighted by atomic mass is 32.2. The number of hydrogen-bond acceptors (Lipinski definition) is 9. The highest BCUT2D eigenvalue weighted by Crippen LogP contribution is 2.33. The molecule has 2 aromatic carbocycles. The van der Waals surface area contributed by atoms with Gasteiger partial charge < -0.3 is 14.2 Å². The summed E-state index contributed by atoms with van der Waals surface area (Å²) in [6, 6.07) is 13.3. The summed E-state index contributed by atoms with van der Waals surface area (Å²) in [7, 11) is 1.66. The Balaban J connectivity index is 1.29. The van der Waals surface area contributed by atoms with E-state index in [1.165, 1.54) is 28.7 Å². The van der Waals surface area contributed by atoms with E-state index in [9.17, 15) is 4.79 Å². The smallest absolute Gasteiger partial charge is 0.175 e. The van der Waals surface area contributed by atoms with Crippen LogP contribution in [0.2, 0.25) is 0 Å². The second kappa shape index (κ2) is 9.51. The quantitative estimate of drug-likeness (QED) is 0.368. The highest BCUT2D eigenvalue weighted by molar-refractivity contribution is 8.03. The number of ketones is 1. The minimum absolute atomic E-state index is 0.0228. The number of carbonyl (C=O) groups excluding carboxylic acids is 1. The number of nitrogens with zero attached hydrogens (tertiary/aromatic N) is 2. The molecule has 0 spiro atoms. The molecule has 29 heavy (non-hydrogen) atoms. The molecule has 9 heteroatoms. The molecule has 150 valence electrons. The Bertz CT molecular complexity index is 992. The number of thioether (sulfide) groups is 2. The van der Waals surface area contributed by atoms with E-state index >= 15 is 0 Å². The van der Waals surface area contributed by atoms with Gasteiger partial charge in [-0.25, -0.2) is 0 Å². The molecule has 1 aromatic heterocycles. The van der Waals surface area contributed by atoms with Gasteiger partial charge in [0.1, 0.15) is 19.0 Å². The summed E-state index contributed by atoms with van der Waals surface area (Å²) in [5.41, 5.74) is 1.80. The molecule has 3 aromatic rings. The third kappa shape index (κ3) is 5.23. The Kier molecular flexibility index (Phi) is 6.58. The van der Waals surface area contributed by atoms with Gasteiger partial charge in [0.2, 0.25) is 0 Å². The van der Waals surface area contributed by atoms with Gasteiger partial charge in [-0.2, -0.15) is 0 Å². The van der Waals surface area contributed by atoms with E-state index in [0.717, 1.165) is 20.2 Å². The van der Waals surface area contributed by atoms with Crippen molar-refractivity contribution in [2.24, 2.45) is 0 Å². The summed E-state index contributed by atoms with van der Waals surface area (Å²) in [4.78, 5) is 12.5. The third-order valence-electron chi connectivity index (χ3n) is 4.10. The molecule has 1 aliphatic heterocycles. The van der Waals surface area contributed by atoms with Gasteiger partial charge in [0.25, 0.3) is 0 Å². The molecule has 2 heterocycles. The molecule has 0 bridgehead atoms. The largest absolute Gasteiger partial charge is 0.497 e. The third-order valence-corrected chi connectivity index (χ3v) is 7.36. The molecule has 0 saturated carbocycles. The van der Waals surface area contributed by atoms with Crippen molar-refractivity contribution in [2.75, 3.05) is 26.1 Å². The number of hydrogen-bond donors (Lipinski definition) is 0. The number of carbonyl (C=O) groups is 1. The first-order chi connectivity index (χ1) is 14.2. The minimum atomic E-state index is 0.0228. The van der Waals surface area contributed by atoms with Crippen LogP contribution in [-0.4, -0.2) is 42.1 Å². The number of rotatable bonds is 8. The average Bonchev–Trinajstić information content (AvgIpc) is 3.24. The van der Waals surface area contributed by atoms with Crippen molar-refractivity contribution < 1.29 is 19.0 Å². The van der Waals surface area contributed by atoms with Gasteiger partial charge >= 0.3 is 0 Å². The molecule has 0 N–H and O–H groups in total. The maximum Gasteiger partial charge on any atom is 0.175 e. The molecular weight excluding hydrogens is 428 g/mol. The van der Waals surface area contributed by atoms with Crippen LogP contribution >= 0.6 is 34.9 Å². The van der Waals surface area contributed by atoms with Gasteiger partial charge in [0, 0.05) is 11.3 Å². The van der Waals surface area contributed by atoms with Crippen LogP contribution in [-0.2, 0) is 5.75 Å². The van der Waals surface area contributed by atoms with Crippen molar-refractivity contribution >= 4 is 40.6 Å². The van der Waals surface area contributed by atoms with Crippen LogP contribution in [0.25, 0.3) is 0 Å². The molecule has 0 saturated heterocycles. The lowest BCUT2D eigenvalue weighted by atomic mass is 10.1. The Hall–Kier alpha value is -2.23. The summed E-state index contributed by atoms with van der Waals surface area (Å²) in [5.74, 6) is 3.28. The fourth-order valence-corrected chi connectivity index (χ4v) is 5.48. The number of fused-ring (bicyclic) bond motifs is 1. The average molecular weight is 447 g/mol. The van der Waals surface area contributed by atoms with Crippen molar-refractivity contribution in [3.63, 3.8) is 0 Å². The lowest BCUT2D eigenvalue weighted by Crippen LogP contribution is -2.16. The van der Waals surface area contributed by atoms with Crippen molar-refractivity contribution in [3.05, 3.63) is 53.6 Å². The number of aromatic nitrogens is 2. The van der Waals surface area contributed by atoms with Crippen molar-refractivity contribution in [1.82, 2.24) is 10.2 Å². The molecule has 4 rings (SSSR count). The molecule has 6 nitrogen and oxygen atoms in total. The van der Waals surface area contributed by atoms with E-state index in [2.05, 4.69) is 10.2 Å². The van der Waals surface area contributed by atoms with Gasteiger partial charge in [0.15, 0.2) is 26.0 Å². The van der Waals surface area contributed by atoms with Crippen LogP contribution < -0.4 is 14.2 Å². The SMILES string of the molecule is COc1ccc(CSc2nnc(SCC(=O)c3ccc4c(c3)OCCO4)s2)cc1. The highest BCUT2D eigenvalue weighted by Gasteiger charge is 2.16. The maximum atomic E-state index is 12.5. The first-order valence-corrected chi connectivity index (χ1v) is 11.6. The van der Waals surface area contributed by atoms with Crippen LogP contribution in [0.1, 0.15) is 15.9 Å². The van der Waals surface area contributed by atoms with Crippen LogP contribution in [0.5, 0.6) is 17.2 Å². The van der Waals surface area contributed by atoms with E-state index in [1.54, 1.807) is 37.1 Å². The van der Waals surface area contributed by atoms with Gasteiger partial charge in [-0.3, -0.25) is 4.79 Å². The topological polar surface area (TPSA) is 70.5 Å². The molecule has 0 amide bonds. The van der Waals surface area contributed by atoms with Crippen LogP contribution in [0.15, 0.2) is 51.1 Å². The number of Topliss-reactive ketones (excluding diaryl/α,β-unsaturated/α-hetero) is 1. The number of methoxy groups -OCH3 is 1. The monoisotopic (exact) mass is 446 g/mol. The summed E-state index contributed by atoms with van der Waals surface area (Å²) in [5, 5.41) is 8.40. The lowest BCUT2D eigenvalue weighted by Gasteiger charge is -2.18. The first-order valence-electron chi connectivity index (χ1n) is 8.86. The summed E-state index contributed by atoms with van der Waals surface area (Å²) >= 11 is 4.53. The van der Waals surface area contributed by atoms with Crippen LogP contribution in [0.4, 0.5) is 0 Å². The molecule has 0 fully saturated rings. The van der Waals surface area contributed by atoms with E-state index in [1.807, 2.05) is 24.3 Å². The Morgan fingerprint density at radius 1 is 1.03 bits per heavy atom. The Morgan fingerprint density at radius 3 is 2.52 bits per heavy atom. The molecular formula is C20H18N2O4S3. The Morgan fingerprint density at radius 2 is 1.76 bits per heavy atom. The van der Waals surface area contributed by atoms with Crippen molar-refractivity contribution in [2.45, 2.75) is 14.4 Å². The first kappa shape index (κ1) is 20.1. The number of ether oxygens (including phenoxy) is 3. The van der Waals surface area contributed by atoms with Gasteiger partial charge in [-0.15, -0.1) is 10.2 Å². The minimum Gasteiger partial charge on any atom is -0.497 e. The summed E-state index contributed by atoms with van der Waals surface area (Å²) in [6.45, 7) is 1.03. The predicted octanol–water partition coefficient (Wildman–Crippen LogP) is 4.59. The molecule has 1 aliphatic rings. The number of benzene rings is 2. The fourth-order valence-electron chi connectivity index (χ4n) is 2.61. The zero-order valence-corrected chi connectivity index (χ0v) is 18.1. The van der Waals surface area contributed by atoms with Crippen LogP contribution in [0, 0.1) is 0 Å². The standard InChI is InChI=1S/C20H18N2O4S3/c1-24-15-5-2-13(3-6-15)11-27-19-21-22-20(29-19)28-12-16(23)14-4-7-17-18(10-14)26-9-8-25-17/h2-7,10H,8-9,11-12H2,1H3. The molecule has 0 aliphatic carbocycles. The molecule has 0 unspecified atom stereocenters. The van der Waals surface area contributed by atoms with Gasteiger partial charge in [-0.1, -0.05) is 47.0 Å². The van der Waals surface area contributed by atoms with Crippen molar-refractivity contribution in [3.8, 4) is 17.2 Å². The van der Waals surface area contributed by atoms with E-state index < -0.39 is 0 Å². The molecule has 0 radical (unpaired) electrons.